The summed E-state index contributed by atoms with van der Waals surface area (Å²) in [5.41, 5.74) is 10.9. The molecule has 0 aliphatic rings. The van der Waals surface area contributed by atoms with Gasteiger partial charge in [0, 0.05) is 6.04 Å². The summed E-state index contributed by atoms with van der Waals surface area (Å²) in [4.78, 5) is 0. The number of hydrogen-bond acceptors (Lipinski definition) is 3. The minimum Gasteiger partial charge on any atom is -0.497 e. The number of alkyl halides is 3. The maximum atomic E-state index is 12.7. The summed E-state index contributed by atoms with van der Waals surface area (Å²) >= 11 is 0. The second-order valence-corrected chi connectivity index (χ2v) is 4.03. The van der Waals surface area contributed by atoms with Crippen LogP contribution in [0.1, 0.15) is 30.0 Å². The zero-order chi connectivity index (χ0) is 13.8. The van der Waals surface area contributed by atoms with Crippen molar-refractivity contribution in [2.75, 3.05) is 13.7 Å². The summed E-state index contributed by atoms with van der Waals surface area (Å²) in [6.45, 7) is 0.462. The van der Waals surface area contributed by atoms with E-state index in [4.69, 9.17) is 16.2 Å². The van der Waals surface area contributed by atoms with Crippen LogP contribution in [0.2, 0.25) is 0 Å². The van der Waals surface area contributed by atoms with Gasteiger partial charge >= 0.3 is 6.18 Å². The molecule has 0 unspecified atom stereocenters. The third-order valence-corrected chi connectivity index (χ3v) is 2.64. The highest BCUT2D eigenvalue weighted by Crippen LogP contribution is 2.34. The lowest BCUT2D eigenvalue weighted by molar-refractivity contribution is -0.137. The first-order chi connectivity index (χ1) is 8.38. The molecule has 1 rings (SSSR count). The maximum Gasteiger partial charge on any atom is 0.416 e. The van der Waals surface area contributed by atoms with E-state index in [2.05, 4.69) is 0 Å². The Morgan fingerprint density at radius 2 is 1.89 bits per heavy atom. The van der Waals surface area contributed by atoms with Crippen molar-refractivity contribution < 1.29 is 17.9 Å². The van der Waals surface area contributed by atoms with Crippen molar-refractivity contribution in [3.8, 4) is 5.75 Å². The third-order valence-electron chi connectivity index (χ3n) is 2.64. The molecule has 110 valence electrons. The van der Waals surface area contributed by atoms with E-state index in [1.807, 2.05) is 0 Å². The molecule has 0 bridgehead atoms. The van der Waals surface area contributed by atoms with Gasteiger partial charge in [0.1, 0.15) is 5.75 Å². The van der Waals surface area contributed by atoms with Gasteiger partial charge in [-0.3, -0.25) is 0 Å². The molecule has 0 fully saturated rings. The average Bonchev–Trinajstić information content (AvgIpc) is 2.34. The predicted octanol–water partition coefficient (Wildman–Crippen LogP) is 2.87. The largest absolute Gasteiger partial charge is 0.497 e. The second kappa shape index (κ2) is 7.57. The molecule has 7 heteroatoms. The monoisotopic (exact) mass is 298 g/mol. The maximum absolute atomic E-state index is 12.7. The van der Waals surface area contributed by atoms with Crippen molar-refractivity contribution in [1.82, 2.24) is 0 Å². The van der Waals surface area contributed by atoms with Gasteiger partial charge in [-0.15, -0.1) is 12.4 Å². The van der Waals surface area contributed by atoms with E-state index < -0.39 is 17.8 Å². The molecule has 0 spiro atoms. The van der Waals surface area contributed by atoms with Crippen LogP contribution in [-0.2, 0) is 6.18 Å². The lowest BCUT2D eigenvalue weighted by Gasteiger charge is -2.16. The van der Waals surface area contributed by atoms with Gasteiger partial charge in [-0.2, -0.15) is 13.2 Å². The molecule has 0 saturated carbocycles. The Bertz CT molecular complexity index is 399. The molecule has 0 heterocycles. The van der Waals surface area contributed by atoms with Crippen LogP contribution < -0.4 is 16.2 Å². The Labute approximate surface area is 116 Å². The van der Waals surface area contributed by atoms with E-state index in [-0.39, 0.29) is 18.2 Å². The van der Waals surface area contributed by atoms with Crippen LogP contribution in [0.5, 0.6) is 5.75 Å². The number of benzene rings is 1. The number of rotatable bonds is 5. The van der Waals surface area contributed by atoms with Gasteiger partial charge in [-0.25, -0.2) is 0 Å². The zero-order valence-electron chi connectivity index (χ0n) is 10.5. The third kappa shape index (κ3) is 5.26. The van der Waals surface area contributed by atoms with Crippen molar-refractivity contribution in [2.24, 2.45) is 11.5 Å². The van der Waals surface area contributed by atoms with Crippen LogP contribution in [0.25, 0.3) is 0 Å². The van der Waals surface area contributed by atoms with Crippen molar-refractivity contribution in [2.45, 2.75) is 25.1 Å². The van der Waals surface area contributed by atoms with E-state index in [1.165, 1.54) is 13.2 Å². The number of methoxy groups -OCH3 is 1. The minimum absolute atomic E-state index is 0. The highest BCUT2D eigenvalue weighted by atomic mass is 35.5. The second-order valence-electron chi connectivity index (χ2n) is 4.03. The first kappa shape index (κ1) is 18.0. The van der Waals surface area contributed by atoms with E-state index in [9.17, 15) is 13.2 Å². The van der Waals surface area contributed by atoms with Crippen LogP contribution in [0.4, 0.5) is 13.2 Å². The van der Waals surface area contributed by atoms with Gasteiger partial charge in [-0.05, 0) is 43.1 Å². The van der Waals surface area contributed by atoms with Crippen LogP contribution in [-0.4, -0.2) is 13.7 Å². The first-order valence-electron chi connectivity index (χ1n) is 5.60. The Morgan fingerprint density at radius 1 is 1.26 bits per heavy atom. The van der Waals surface area contributed by atoms with Gasteiger partial charge < -0.3 is 16.2 Å². The van der Waals surface area contributed by atoms with Gasteiger partial charge in [0.05, 0.1) is 12.7 Å². The summed E-state index contributed by atoms with van der Waals surface area (Å²) < 4.78 is 42.9. The van der Waals surface area contributed by atoms with E-state index in [0.29, 0.717) is 24.9 Å². The van der Waals surface area contributed by atoms with E-state index in [0.717, 1.165) is 12.1 Å². The molecule has 0 aliphatic carbocycles. The summed E-state index contributed by atoms with van der Waals surface area (Å²) in [7, 11) is 1.32. The average molecular weight is 299 g/mol. The van der Waals surface area contributed by atoms with Crippen molar-refractivity contribution in [3.63, 3.8) is 0 Å². The molecular weight excluding hydrogens is 281 g/mol. The highest BCUT2D eigenvalue weighted by molar-refractivity contribution is 5.85. The fourth-order valence-electron chi connectivity index (χ4n) is 1.62. The molecule has 1 atom stereocenters. The molecule has 0 amide bonds. The summed E-state index contributed by atoms with van der Waals surface area (Å²) in [5, 5.41) is 0. The molecule has 19 heavy (non-hydrogen) atoms. The first-order valence-corrected chi connectivity index (χ1v) is 5.60. The smallest absolute Gasteiger partial charge is 0.416 e. The van der Waals surface area contributed by atoms with E-state index >= 15 is 0 Å². The number of ether oxygens (including phenoxy) is 1. The molecule has 0 aromatic heterocycles. The normalized spacial score (nSPS) is 12.7. The van der Waals surface area contributed by atoms with Gasteiger partial charge in [0.25, 0.3) is 0 Å². The molecule has 4 N–H and O–H groups in total. The molecule has 0 aliphatic heterocycles. The van der Waals surface area contributed by atoms with Crippen LogP contribution in [0, 0.1) is 0 Å². The lowest BCUT2D eigenvalue weighted by atomic mass is 10.00. The van der Waals surface area contributed by atoms with E-state index in [1.54, 1.807) is 0 Å². The Morgan fingerprint density at radius 3 is 2.37 bits per heavy atom. The fraction of sp³-hybridized carbons (Fsp3) is 0.500. The molecular formula is C12H18ClF3N2O. The van der Waals surface area contributed by atoms with Crippen molar-refractivity contribution in [3.05, 3.63) is 29.3 Å². The number of nitrogens with two attached hydrogens (primary N) is 2. The van der Waals surface area contributed by atoms with Crippen molar-refractivity contribution >= 4 is 12.4 Å². The minimum atomic E-state index is -4.41. The Kier molecular flexibility index (Phi) is 7.18. The number of hydrogen-bond donors (Lipinski definition) is 2. The zero-order valence-corrected chi connectivity index (χ0v) is 11.4. The molecule has 3 nitrogen and oxygen atoms in total. The molecule has 0 saturated heterocycles. The van der Waals surface area contributed by atoms with Crippen LogP contribution >= 0.6 is 12.4 Å². The van der Waals surface area contributed by atoms with Crippen molar-refractivity contribution in [1.29, 1.82) is 0 Å². The predicted molar refractivity (Wildman–Crippen MR) is 70.5 cm³/mol. The molecule has 1 aromatic carbocycles. The summed E-state index contributed by atoms with van der Waals surface area (Å²) in [6.07, 6.45) is -3.20. The molecule has 1 aromatic rings. The molecule has 0 radical (unpaired) electrons. The highest BCUT2D eigenvalue weighted by Gasteiger charge is 2.31. The van der Waals surface area contributed by atoms with Crippen LogP contribution in [0.3, 0.4) is 0 Å². The van der Waals surface area contributed by atoms with Gasteiger partial charge in [0.15, 0.2) is 0 Å². The Balaban J connectivity index is 0.00000324. The Hall–Kier alpha value is -0.980. The SMILES string of the molecule is COc1cc([C@@H](N)CCCN)cc(C(F)(F)F)c1.Cl. The van der Waals surface area contributed by atoms with Gasteiger partial charge in [0.2, 0.25) is 0 Å². The fourth-order valence-corrected chi connectivity index (χ4v) is 1.62. The van der Waals surface area contributed by atoms with Crippen LogP contribution in [0.15, 0.2) is 18.2 Å². The summed E-state index contributed by atoms with van der Waals surface area (Å²) in [5.74, 6) is 0.156. The topological polar surface area (TPSA) is 61.3 Å². The summed E-state index contributed by atoms with van der Waals surface area (Å²) in [6, 6.07) is 3.07. The standard InChI is InChI=1S/C12H17F3N2O.ClH/c1-18-10-6-8(11(17)3-2-4-16)5-9(7-10)12(13,14)15;/h5-7,11H,2-4,16-17H2,1H3;1H/t11-;/m0./s1. The lowest BCUT2D eigenvalue weighted by Crippen LogP contribution is -2.14. The number of halogens is 4. The quantitative estimate of drug-likeness (QED) is 0.878. The van der Waals surface area contributed by atoms with Gasteiger partial charge in [-0.1, -0.05) is 0 Å².